The molecule has 2 saturated heterocycles. The summed E-state index contributed by atoms with van der Waals surface area (Å²) >= 11 is 0. The van der Waals surface area contributed by atoms with Gasteiger partial charge in [-0.3, -0.25) is 9.59 Å². The van der Waals surface area contributed by atoms with Crippen molar-refractivity contribution in [1.29, 1.82) is 0 Å². The molecule has 2 fully saturated rings. The zero-order chi connectivity index (χ0) is 18.3. The largest absolute Gasteiger partial charge is 0.337 e. The van der Waals surface area contributed by atoms with Crippen LogP contribution in [0.4, 0.5) is 10.1 Å². The van der Waals surface area contributed by atoms with Gasteiger partial charge >= 0.3 is 0 Å². The Morgan fingerprint density at radius 3 is 2.77 bits per heavy atom. The molecule has 3 heterocycles. The highest BCUT2D eigenvalue weighted by atomic mass is 19.1. The summed E-state index contributed by atoms with van der Waals surface area (Å²) in [6.45, 7) is 2.66. The van der Waals surface area contributed by atoms with Crippen LogP contribution in [0, 0.1) is 18.7 Å². The molecule has 0 N–H and O–H groups in total. The minimum absolute atomic E-state index is 0.0682. The molecule has 2 aromatic rings. The van der Waals surface area contributed by atoms with Crippen molar-refractivity contribution in [3.63, 3.8) is 0 Å². The summed E-state index contributed by atoms with van der Waals surface area (Å²) in [5.41, 5.74) is 0.609. The molecule has 2 atom stereocenters. The van der Waals surface area contributed by atoms with Gasteiger partial charge in [0.25, 0.3) is 0 Å². The van der Waals surface area contributed by atoms with Crippen LogP contribution in [-0.2, 0) is 9.59 Å². The third-order valence-corrected chi connectivity index (χ3v) is 4.98. The van der Waals surface area contributed by atoms with Crippen LogP contribution in [0.25, 0.3) is 0 Å². The highest BCUT2D eigenvalue weighted by Crippen LogP contribution is 2.34. The first-order valence-corrected chi connectivity index (χ1v) is 8.69. The van der Waals surface area contributed by atoms with Crippen molar-refractivity contribution in [1.82, 2.24) is 15.0 Å². The molecule has 1 aromatic carbocycles. The smallest absolute Gasteiger partial charge is 0.249 e. The summed E-state index contributed by atoms with van der Waals surface area (Å²) in [5.74, 6) is 0.0199. The van der Waals surface area contributed by atoms with E-state index in [0.717, 1.165) is 12.8 Å². The Labute approximate surface area is 149 Å². The lowest BCUT2D eigenvalue weighted by molar-refractivity contribution is -0.137. The average Bonchev–Trinajstić information content (AvgIpc) is 3.34. The van der Waals surface area contributed by atoms with E-state index >= 15 is 0 Å². The van der Waals surface area contributed by atoms with Crippen molar-refractivity contribution >= 4 is 17.5 Å². The van der Waals surface area contributed by atoms with Crippen LogP contribution in [0.3, 0.4) is 0 Å². The molecular formula is C18H19FN4O3. The van der Waals surface area contributed by atoms with E-state index in [0.29, 0.717) is 30.5 Å². The lowest BCUT2D eigenvalue weighted by Crippen LogP contribution is -2.37. The van der Waals surface area contributed by atoms with Crippen molar-refractivity contribution in [3.8, 4) is 0 Å². The SMILES string of the molecule is Cc1noc(C2CCCN2C(=O)C2CC(=O)N(c3ccc(F)cc3)C2)n1. The van der Waals surface area contributed by atoms with Crippen molar-refractivity contribution in [3.05, 3.63) is 41.8 Å². The van der Waals surface area contributed by atoms with E-state index in [2.05, 4.69) is 10.1 Å². The quantitative estimate of drug-likeness (QED) is 0.841. The zero-order valence-electron chi connectivity index (χ0n) is 14.4. The van der Waals surface area contributed by atoms with Gasteiger partial charge in [-0.25, -0.2) is 4.39 Å². The van der Waals surface area contributed by atoms with Crippen LogP contribution in [0.15, 0.2) is 28.8 Å². The molecule has 2 aliphatic rings. The first-order valence-electron chi connectivity index (χ1n) is 8.69. The van der Waals surface area contributed by atoms with Gasteiger partial charge < -0.3 is 14.3 Å². The number of amides is 2. The summed E-state index contributed by atoms with van der Waals surface area (Å²) in [6, 6.07) is 5.51. The molecule has 0 radical (unpaired) electrons. The Kier molecular flexibility index (Phi) is 4.18. The number of carbonyl (C=O) groups excluding carboxylic acids is 2. The molecule has 0 spiro atoms. The summed E-state index contributed by atoms with van der Waals surface area (Å²) in [6.07, 6.45) is 1.79. The second kappa shape index (κ2) is 6.51. The molecule has 26 heavy (non-hydrogen) atoms. The third-order valence-electron chi connectivity index (χ3n) is 4.98. The lowest BCUT2D eigenvalue weighted by Gasteiger charge is -2.25. The maximum Gasteiger partial charge on any atom is 0.249 e. The summed E-state index contributed by atoms with van der Waals surface area (Å²) in [7, 11) is 0. The summed E-state index contributed by atoms with van der Waals surface area (Å²) in [5, 5.41) is 3.81. The van der Waals surface area contributed by atoms with Gasteiger partial charge in [-0.2, -0.15) is 4.98 Å². The van der Waals surface area contributed by atoms with Crippen molar-refractivity contribution < 1.29 is 18.5 Å². The number of anilines is 1. The number of hydrogen-bond donors (Lipinski definition) is 0. The van der Waals surface area contributed by atoms with Crippen LogP contribution in [-0.4, -0.2) is 39.9 Å². The number of benzene rings is 1. The zero-order valence-corrected chi connectivity index (χ0v) is 14.4. The van der Waals surface area contributed by atoms with Gasteiger partial charge in [0, 0.05) is 25.2 Å². The van der Waals surface area contributed by atoms with Gasteiger partial charge in [0.1, 0.15) is 11.9 Å². The number of halogens is 1. The number of rotatable bonds is 3. The average molecular weight is 358 g/mol. The Morgan fingerprint density at radius 2 is 2.08 bits per heavy atom. The molecular weight excluding hydrogens is 339 g/mol. The number of carbonyl (C=O) groups is 2. The molecule has 4 rings (SSSR count). The predicted octanol–water partition coefficient (Wildman–Crippen LogP) is 2.23. The normalized spacial score (nSPS) is 23.1. The molecule has 0 bridgehead atoms. The van der Waals surface area contributed by atoms with Crippen LogP contribution in [0.5, 0.6) is 0 Å². The van der Waals surface area contributed by atoms with E-state index in [1.54, 1.807) is 28.9 Å². The van der Waals surface area contributed by atoms with E-state index in [-0.39, 0.29) is 30.1 Å². The van der Waals surface area contributed by atoms with Gasteiger partial charge in [0.2, 0.25) is 17.7 Å². The second-order valence-electron chi connectivity index (χ2n) is 6.75. The molecule has 0 aliphatic carbocycles. The van der Waals surface area contributed by atoms with Crippen LogP contribution in [0.2, 0.25) is 0 Å². The number of hydrogen-bond acceptors (Lipinski definition) is 5. The van der Waals surface area contributed by atoms with Crippen molar-refractivity contribution in [2.45, 2.75) is 32.2 Å². The van der Waals surface area contributed by atoms with E-state index < -0.39 is 5.92 Å². The standard InChI is InChI=1S/C18H19FN4O3/c1-11-20-17(26-21-11)15-3-2-8-22(15)18(25)12-9-16(24)23(10-12)14-6-4-13(19)5-7-14/h4-7,12,15H,2-3,8-10H2,1H3. The van der Waals surface area contributed by atoms with Crippen LogP contribution >= 0.6 is 0 Å². The highest BCUT2D eigenvalue weighted by Gasteiger charge is 2.42. The minimum Gasteiger partial charge on any atom is -0.337 e. The minimum atomic E-state index is -0.419. The molecule has 2 aliphatic heterocycles. The fourth-order valence-corrected chi connectivity index (χ4v) is 3.71. The monoisotopic (exact) mass is 358 g/mol. The van der Waals surface area contributed by atoms with E-state index in [1.807, 2.05) is 0 Å². The summed E-state index contributed by atoms with van der Waals surface area (Å²) < 4.78 is 18.3. The number of aryl methyl sites for hydroxylation is 1. The Morgan fingerprint density at radius 1 is 1.31 bits per heavy atom. The predicted molar refractivity (Wildman–Crippen MR) is 89.6 cm³/mol. The number of aromatic nitrogens is 2. The number of nitrogens with zero attached hydrogens (tertiary/aromatic N) is 4. The van der Waals surface area contributed by atoms with Crippen LogP contribution < -0.4 is 4.90 Å². The maximum absolute atomic E-state index is 13.1. The molecule has 7 nitrogen and oxygen atoms in total. The first-order chi connectivity index (χ1) is 12.5. The fourth-order valence-electron chi connectivity index (χ4n) is 3.71. The molecule has 136 valence electrons. The topological polar surface area (TPSA) is 79.5 Å². The molecule has 2 unspecified atom stereocenters. The molecule has 8 heteroatoms. The Bertz CT molecular complexity index is 835. The molecule has 1 aromatic heterocycles. The van der Waals surface area contributed by atoms with Gasteiger partial charge in [-0.05, 0) is 44.0 Å². The molecule has 0 saturated carbocycles. The maximum atomic E-state index is 13.1. The first kappa shape index (κ1) is 16.7. The van der Waals surface area contributed by atoms with E-state index in [1.165, 1.54) is 12.1 Å². The van der Waals surface area contributed by atoms with Crippen molar-refractivity contribution in [2.24, 2.45) is 5.92 Å². The van der Waals surface area contributed by atoms with Gasteiger partial charge in [0.05, 0.1) is 5.92 Å². The van der Waals surface area contributed by atoms with Gasteiger partial charge in [-0.15, -0.1) is 0 Å². The third kappa shape index (κ3) is 2.95. The van der Waals surface area contributed by atoms with Gasteiger partial charge in [0.15, 0.2) is 5.82 Å². The van der Waals surface area contributed by atoms with Crippen molar-refractivity contribution in [2.75, 3.05) is 18.0 Å². The second-order valence-corrected chi connectivity index (χ2v) is 6.75. The Hall–Kier alpha value is -2.77. The van der Waals surface area contributed by atoms with E-state index in [4.69, 9.17) is 4.52 Å². The summed E-state index contributed by atoms with van der Waals surface area (Å²) in [4.78, 5) is 32.9. The van der Waals surface area contributed by atoms with E-state index in [9.17, 15) is 14.0 Å². The molecule has 2 amide bonds. The Balaban J connectivity index is 1.50. The van der Waals surface area contributed by atoms with Gasteiger partial charge in [-0.1, -0.05) is 5.16 Å². The highest BCUT2D eigenvalue weighted by molar-refractivity contribution is 6.00. The fraction of sp³-hybridized carbons (Fsp3) is 0.444. The number of likely N-dealkylation sites (tertiary alicyclic amines) is 1. The van der Waals surface area contributed by atoms with Crippen LogP contribution in [0.1, 0.15) is 37.0 Å². The lowest BCUT2D eigenvalue weighted by atomic mass is 10.1.